The highest BCUT2D eigenvalue weighted by Crippen LogP contribution is 2.20. The lowest BCUT2D eigenvalue weighted by atomic mass is 10.1. The molecular weight excluding hydrogens is 252 g/mol. The SMILES string of the molecule is O=CC(CCc1ccccc1)SCc1ccccc1. The summed E-state index contributed by atoms with van der Waals surface area (Å²) in [5.74, 6) is 0.902. The van der Waals surface area contributed by atoms with E-state index in [4.69, 9.17) is 0 Å². The summed E-state index contributed by atoms with van der Waals surface area (Å²) in [5, 5.41) is 0.0837. The van der Waals surface area contributed by atoms with E-state index in [0.29, 0.717) is 0 Å². The van der Waals surface area contributed by atoms with E-state index in [1.807, 2.05) is 36.4 Å². The molecule has 0 aromatic heterocycles. The second kappa shape index (κ2) is 7.80. The minimum absolute atomic E-state index is 0.0837. The minimum Gasteiger partial charge on any atom is -0.302 e. The number of carbonyl (C=O) groups excluding carboxylic acids is 1. The summed E-state index contributed by atoms with van der Waals surface area (Å²) >= 11 is 1.73. The van der Waals surface area contributed by atoms with E-state index in [1.165, 1.54) is 11.1 Å². The van der Waals surface area contributed by atoms with Crippen LogP contribution in [0.5, 0.6) is 0 Å². The van der Waals surface area contributed by atoms with Crippen molar-refractivity contribution in [2.24, 2.45) is 0 Å². The first kappa shape index (κ1) is 13.9. The molecular formula is C17H18OS. The first-order chi connectivity index (χ1) is 9.38. The van der Waals surface area contributed by atoms with Gasteiger partial charge in [-0.25, -0.2) is 0 Å². The van der Waals surface area contributed by atoms with Crippen molar-refractivity contribution in [1.29, 1.82) is 0 Å². The van der Waals surface area contributed by atoms with Gasteiger partial charge in [0.25, 0.3) is 0 Å². The van der Waals surface area contributed by atoms with Crippen LogP contribution in [0.25, 0.3) is 0 Å². The van der Waals surface area contributed by atoms with Crippen LogP contribution in [0.15, 0.2) is 60.7 Å². The molecule has 1 nitrogen and oxygen atoms in total. The van der Waals surface area contributed by atoms with Crippen molar-refractivity contribution >= 4 is 18.0 Å². The van der Waals surface area contributed by atoms with Gasteiger partial charge < -0.3 is 4.79 Å². The molecule has 0 aliphatic rings. The fourth-order valence-electron chi connectivity index (χ4n) is 1.92. The van der Waals surface area contributed by atoms with Gasteiger partial charge in [0.05, 0.1) is 5.25 Å². The van der Waals surface area contributed by atoms with Crippen LogP contribution in [-0.4, -0.2) is 11.5 Å². The summed E-state index contributed by atoms with van der Waals surface area (Å²) in [6.07, 6.45) is 2.95. The van der Waals surface area contributed by atoms with Crippen molar-refractivity contribution in [3.8, 4) is 0 Å². The maximum atomic E-state index is 11.1. The standard InChI is InChI=1S/C17H18OS/c18-13-17(12-11-15-7-3-1-4-8-15)19-14-16-9-5-2-6-10-16/h1-10,13,17H,11-12,14H2. The van der Waals surface area contributed by atoms with Gasteiger partial charge in [0.1, 0.15) is 6.29 Å². The van der Waals surface area contributed by atoms with Gasteiger partial charge in [-0.2, -0.15) is 0 Å². The number of aldehydes is 1. The van der Waals surface area contributed by atoms with Gasteiger partial charge in [-0.15, -0.1) is 11.8 Å². The topological polar surface area (TPSA) is 17.1 Å². The molecule has 0 spiro atoms. The lowest BCUT2D eigenvalue weighted by Crippen LogP contribution is -2.06. The Balaban J connectivity index is 1.79. The van der Waals surface area contributed by atoms with Crippen LogP contribution in [0.3, 0.4) is 0 Å². The summed E-state index contributed by atoms with van der Waals surface area (Å²) in [5.41, 5.74) is 2.58. The van der Waals surface area contributed by atoms with Crippen LogP contribution in [0, 0.1) is 0 Å². The molecule has 0 saturated carbocycles. The van der Waals surface area contributed by atoms with Crippen molar-refractivity contribution in [3.05, 3.63) is 71.8 Å². The van der Waals surface area contributed by atoms with Gasteiger partial charge in [0.15, 0.2) is 0 Å². The van der Waals surface area contributed by atoms with E-state index in [9.17, 15) is 4.79 Å². The van der Waals surface area contributed by atoms with Crippen molar-refractivity contribution in [1.82, 2.24) is 0 Å². The van der Waals surface area contributed by atoms with E-state index in [1.54, 1.807) is 11.8 Å². The molecule has 98 valence electrons. The van der Waals surface area contributed by atoms with Crippen molar-refractivity contribution in [2.75, 3.05) is 0 Å². The third kappa shape index (κ3) is 4.92. The predicted molar refractivity (Wildman–Crippen MR) is 82.4 cm³/mol. The average molecular weight is 270 g/mol. The van der Waals surface area contributed by atoms with Crippen molar-refractivity contribution in [3.63, 3.8) is 0 Å². The molecule has 0 N–H and O–H groups in total. The second-order valence-corrected chi connectivity index (χ2v) is 5.72. The summed E-state index contributed by atoms with van der Waals surface area (Å²) in [4.78, 5) is 11.1. The lowest BCUT2D eigenvalue weighted by molar-refractivity contribution is -0.107. The Bertz CT molecular complexity index is 438. The molecule has 0 saturated heterocycles. The lowest BCUT2D eigenvalue weighted by Gasteiger charge is -2.10. The van der Waals surface area contributed by atoms with Crippen molar-refractivity contribution < 1.29 is 4.79 Å². The monoisotopic (exact) mass is 270 g/mol. The molecule has 0 aliphatic heterocycles. The van der Waals surface area contributed by atoms with Crippen LogP contribution in [0.4, 0.5) is 0 Å². The van der Waals surface area contributed by atoms with Gasteiger partial charge in [0.2, 0.25) is 0 Å². The van der Waals surface area contributed by atoms with E-state index in [-0.39, 0.29) is 5.25 Å². The second-order valence-electron chi connectivity index (χ2n) is 4.50. The number of carbonyl (C=O) groups is 1. The van der Waals surface area contributed by atoms with Crippen LogP contribution in [0.2, 0.25) is 0 Å². The van der Waals surface area contributed by atoms with Gasteiger partial charge in [-0.3, -0.25) is 0 Å². The first-order valence-corrected chi connectivity index (χ1v) is 7.58. The summed E-state index contributed by atoms with van der Waals surface area (Å²) in [7, 11) is 0. The molecule has 1 atom stereocenters. The highest BCUT2D eigenvalue weighted by Gasteiger charge is 2.08. The van der Waals surface area contributed by atoms with Crippen LogP contribution < -0.4 is 0 Å². The fraction of sp³-hybridized carbons (Fsp3) is 0.235. The molecule has 1 unspecified atom stereocenters. The molecule has 2 heteroatoms. The molecule has 0 aliphatic carbocycles. The van der Waals surface area contributed by atoms with Crippen molar-refractivity contribution in [2.45, 2.75) is 23.8 Å². The summed E-state index contributed by atoms with van der Waals surface area (Å²) < 4.78 is 0. The number of aryl methyl sites for hydroxylation is 1. The highest BCUT2D eigenvalue weighted by atomic mass is 32.2. The Labute approximate surface area is 119 Å². The van der Waals surface area contributed by atoms with E-state index >= 15 is 0 Å². The van der Waals surface area contributed by atoms with Gasteiger partial charge in [-0.1, -0.05) is 60.7 Å². The van der Waals surface area contributed by atoms with E-state index < -0.39 is 0 Å². The minimum atomic E-state index is 0.0837. The molecule has 0 radical (unpaired) electrons. The molecule has 2 aromatic rings. The number of hydrogen-bond acceptors (Lipinski definition) is 2. The molecule has 2 rings (SSSR count). The number of thioether (sulfide) groups is 1. The smallest absolute Gasteiger partial charge is 0.132 e. The highest BCUT2D eigenvalue weighted by molar-refractivity contribution is 7.99. The Kier molecular flexibility index (Phi) is 5.70. The zero-order valence-corrected chi connectivity index (χ0v) is 11.7. The molecule has 0 fully saturated rings. The van der Waals surface area contributed by atoms with Crippen LogP contribution in [-0.2, 0) is 17.0 Å². The maximum absolute atomic E-state index is 11.1. The Hall–Kier alpha value is -1.54. The zero-order chi connectivity index (χ0) is 13.3. The van der Waals surface area contributed by atoms with Crippen LogP contribution >= 0.6 is 11.8 Å². The van der Waals surface area contributed by atoms with Crippen LogP contribution in [0.1, 0.15) is 17.5 Å². The predicted octanol–water partition coefficient (Wildman–Crippen LogP) is 4.12. The number of rotatable bonds is 7. The zero-order valence-electron chi connectivity index (χ0n) is 10.9. The van der Waals surface area contributed by atoms with Gasteiger partial charge in [0, 0.05) is 5.75 Å². The van der Waals surface area contributed by atoms with Gasteiger partial charge in [-0.05, 0) is 24.0 Å². The van der Waals surface area contributed by atoms with E-state index in [0.717, 1.165) is 24.9 Å². The summed E-state index contributed by atoms with van der Waals surface area (Å²) in [6, 6.07) is 20.6. The molecule has 0 heterocycles. The summed E-state index contributed by atoms with van der Waals surface area (Å²) in [6.45, 7) is 0. The largest absolute Gasteiger partial charge is 0.302 e. The average Bonchev–Trinajstić information content (AvgIpc) is 2.49. The molecule has 0 bridgehead atoms. The van der Waals surface area contributed by atoms with Gasteiger partial charge >= 0.3 is 0 Å². The third-order valence-electron chi connectivity index (χ3n) is 3.02. The third-order valence-corrected chi connectivity index (χ3v) is 4.29. The molecule has 19 heavy (non-hydrogen) atoms. The quantitative estimate of drug-likeness (QED) is 0.704. The molecule has 0 amide bonds. The Morgan fingerprint density at radius 1 is 0.895 bits per heavy atom. The number of hydrogen-bond donors (Lipinski definition) is 0. The maximum Gasteiger partial charge on any atom is 0.132 e. The van der Waals surface area contributed by atoms with E-state index in [2.05, 4.69) is 24.3 Å². The Morgan fingerprint density at radius 3 is 2.05 bits per heavy atom. The molecule has 2 aromatic carbocycles. The number of benzene rings is 2. The first-order valence-electron chi connectivity index (χ1n) is 6.53. The Morgan fingerprint density at radius 2 is 1.47 bits per heavy atom. The fourth-order valence-corrected chi connectivity index (χ4v) is 2.88. The normalized spacial score (nSPS) is 12.0.